The van der Waals surface area contributed by atoms with Crippen molar-refractivity contribution in [1.82, 2.24) is 14.1 Å². The van der Waals surface area contributed by atoms with Crippen molar-refractivity contribution in [3.05, 3.63) is 92.8 Å². The van der Waals surface area contributed by atoms with Crippen LogP contribution in [0.15, 0.2) is 75.3 Å². The number of hydrogen-bond donors (Lipinski definition) is 3. The number of anilines is 1. The normalized spacial score (nSPS) is 11.6. The summed E-state index contributed by atoms with van der Waals surface area (Å²) in [6, 6.07) is 14.4. The Labute approximate surface area is 182 Å². The van der Waals surface area contributed by atoms with Crippen LogP contribution in [0.5, 0.6) is 0 Å². The Morgan fingerprint density at radius 2 is 1.72 bits per heavy atom. The van der Waals surface area contributed by atoms with Crippen molar-refractivity contribution in [3.8, 4) is 0 Å². The average molecular weight is 453 g/mol. The number of rotatable bonds is 5. The minimum absolute atomic E-state index is 0.0913. The lowest BCUT2D eigenvalue weighted by Gasteiger charge is -2.07. The first-order chi connectivity index (χ1) is 15.1. The number of aromatic amines is 1. The zero-order chi connectivity index (χ0) is 23.0. The van der Waals surface area contributed by atoms with E-state index in [0.717, 1.165) is 10.1 Å². The molecular formula is C21H19N5O5S. The van der Waals surface area contributed by atoms with Gasteiger partial charge in [0.2, 0.25) is 10.0 Å². The molecule has 0 unspecified atom stereocenters. The molecule has 32 heavy (non-hydrogen) atoms. The lowest BCUT2D eigenvalue weighted by atomic mass is 10.2. The maximum absolute atomic E-state index is 13.0. The van der Waals surface area contributed by atoms with Crippen LogP contribution in [0, 0.1) is 0 Å². The molecule has 164 valence electrons. The Hall–Kier alpha value is -3.96. The highest BCUT2D eigenvalue weighted by molar-refractivity contribution is 7.89. The molecule has 0 aliphatic rings. The summed E-state index contributed by atoms with van der Waals surface area (Å²) in [6.07, 6.45) is 1.45. The molecule has 0 fully saturated rings. The number of primary sulfonamides is 1. The van der Waals surface area contributed by atoms with Crippen LogP contribution in [0.1, 0.15) is 15.9 Å². The van der Waals surface area contributed by atoms with Gasteiger partial charge in [0.05, 0.1) is 22.5 Å². The quantitative estimate of drug-likeness (QED) is 0.412. The van der Waals surface area contributed by atoms with Gasteiger partial charge in [-0.1, -0.05) is 30.3 Å². The molecule has 4 rings (SSSR count). The number of nitrogens with one attached hydrogen (secondary N) is 2. The van der Waals surface area contributed by atoms with Gasteiger partial charge in [0.1, 0.15) is 5.52 Å². The van der Waals surface area contributed by atoms with Crippen molar-refractivity contribution in [2.75, 3.05) is 5.32 Å². The lowest BCUT2D eigenvalue weighted by molar-refractivity contribution is 0.102. The van der Waals surface area contributed by atoms with E-state index in [9.17, 15) is 22.8 Å². The van der Waals surface area contributed by atoms with Gasteiger partial charge in [-0.25, -0.2) is 18.4 Å². The van der Waals surface area contributed by atoms with Gasteiger partial charge >= 0.3 is 5.69 Å². The average Bonchev–Trinajstić information content (AvgIpc) is 3.08. The minimum Gasteiger partial charge on any atom is -0.344 e. The molecule has 4 N–H and O–H groups in total. The Bertz CT molecular complexity index is 1550. The number of nitrogens with zero attached hydrogens (tertiary/aromatic N) is 2. The zero-order valence-corrected chi connectivity index (χ0v) is 17.7. The highest BCUT2D eigenvalue weighted by Gasteiger charge is 2.20. The molecule has 0 atom stereocenters. The van der Waals surface area contributed by atoms with E-state index < -0.39 is 27.2 Å². The van der Waals surface area contributed by atoms with Crippen LogP contribution in [0.3, 0.4) is 0 Å². The van der Waals surface area contributed by atoms with Crippen LogP contribution in [0.25, 0.3) is 11.0 Å². The molecule has 0 radical (unpaired) electrons. The summed E-state index contributed by atoms with van der Waals surface area (Å²) in [4.78, 5) is 41.0. The number of aryl methyl sites for hydroxylation is 1. The number of hydrogen-bond acceptors (Lipinski definition) is 5. The summed E-state index contributed by atoms with van der Waals surface area (Å²) >= 11 is 0. The van der Waals surface area contributed by atoms with Crippen molar-refractivity contribution in [3.63, 3.8) is 0 Å². The largest absolute Gasteiger partial charge is 0.344 e. The van der Waals surface area contributed by atoms with Gasteiger partial charge in [-0.15, -0.1) is 0 Å². The van der Waals surface area contributed by atoms with E-state index in [0.29, 0.717) is 5.69 Å². The molecule has 0 aliphatic carbocycles. The van der Waals surface area contributed by atoms with Crippen LogP contribution in [0.4, 0.5) is 5.69 Å². The maximum Gasteiger partial charge on any atom is 0.329 e. The number of aromatic nitrogens is 3. The molecule has 11 heteroatoms. The summed E-state index contributed by atoms with van der Waals surface area (Å²) in [5.41, 5.74) is 0.337. The van der Waals surface area contributed by atoms with Gasteiger partial charge in [0.15, 0.2) is 0 Å². The first kappa shape index (κ1) is 21.3. The van der Waals surface area contributed by atoms with E-state index in [1.165, 1.54) is 35.0 Å². The van der Waals surface area contributed by atoms with Crippen molar-refractivity contribution in [1.29, 1.82) is 0 Å². The molecule has 0 bridgehead atoms. The van der Waals surface area contributed by atoms with Gasteiger partial charge in [0.25, 0.3) is 11.5 Å². The van der Waals surface area contributed by atoms with Crippen LogP contribution >= 0.6 is 0 Å². The van der Waals surface area contributed by atoms with Gasteiger partial charge in [-0.05, 0) is 29.8 Å². The van der Waals surface area contributed by atoms with E-state index in [-0.39, 0.29) is 28.0 Å². The number of carbonyl (C=O) groups is 1. The van der Waals surface area contributed by atoms with E-state index in [1.807, 2.05) is 18.2 Å². The van der Waals surface area contributed by atoms with E-state index in [1.54, 1.807) is 19.2 Å². The maximum atomic E-state index is 13.0. The molecule has 0 saturated heterocycles. The first-order valence-corrected chi connectivity index (χ1v) is 11.0. The van der Waals surface area contributed by atoms with E-state index in [4.69, 9.17) is 5.14 Å². The number of sulfonamides is 1. The molecule has 2 aromatic carbocycles. The zero-order valence-electron chi connectivity index (χ0n) is 16.9. The number of carbonyl (C=O) groups excluding carboxylic acids is 1. The summed E-state index contributed by atoms with van der Waals surface area (Å²) < 4.78 is 25.3. The highest BCUT2D eigenvalue weighted by atomic mass is 32.2. The number of nitrogens with two attached hydrogens (primary N) is 1. The Balaban J connectivity index is 1.70. The molecule has 0 aliphatic heterocycles. The molecular weight excluding hydrogens is 434 g/mol. The summed E-state index contributed by atoms with van der Waals surface area (Å²) in [6.45, 7) is 0.0913. The van der Waals surface area contributed by atoms with Gasteiger partial charge in [0, 0.05) is 18.9 Å². The molecule has 2 aromatic heterocycles. The predicted octanol–water partition coefficient (Wildman–Crippen LogP) is 0.976. The predicted molar refractivity (Wildman–Crippen MR) is 119 cm³/mol. The second kappa shape index (κ2) is 7.94. The minimum atomic E-state index is -3.85. The van der Waals surface area contributed by atoms with Crippen molar-refractivity contribution >= 4 is 32.7 Å². The van der Waals surface area contributed by atoms with Crippen LogP contribution < -0.4 is 21.7 Å². The number of benzene rings is 2. The van der Waals surface area contributed by atoms with Crippen LogP contribution in [-0.2, 0) is 23.6 Å². The summed E-state index contributed by atoms with van der Waals surface area (Å²) in [5.74, 6) is -0.574. The Kier molecular flexibility index (Phi) is 5.28. The fourth-order valence-corrected chi connectivity index (χ4v) is 3.93. The van der Waals surface area contributed by atoms with E-state index in [2.05, 4.69) is 10.3 Å². The third-order valence-electron chi connectivity index (χ3n) is 4.98. The number of amides is 1. The van der Waals surface area contributed by atoms with Gasteiger partial charge in [-0.3, -0.25) is 14.2 Å². The van der Waals surface area contributed by atoms with Gasteiger partial charge in [-0.2, -0.15) is 0 Å². The second-order valence-corrected chi connectivity index (χ2v) is 8.77. The van der Waals surface area contributed by atoms with E-state index >= 15 is 0 Å². The Morgan fingerprint density at radius 3 is 2.34 bits per heavy atom. The Morgan fingerprint density at radius 1 is 1.06 bits per heavy atom. The van der Waals surface area contributed by atoms with Crippen molar-refractivity contribution in [2.24, 2.45) is 12.2 Å². The fraction of sp³-hybridized carbons (Fsp3) is 0.0952. The molecule has 0 saturated carbocycles. The molecule has 1 amide bonds. The monoisotopic (exact) mass is 453 g/mol. The molecule has 2 heterocycles. The molecule has 0 spiro atoms. The third-order valence-corrected chi connectivity index (χ3v) is 5.90. The standard InChI is InChI=1S/C21H19N5O5S/c1-25-12-16(19(27)23-14-7-9-15(10-8-14)32(22,30)31)17-18(25)20(28)26(21(29)24-17)11-13-5-3-2-4-6-13/h2-10,12H,11H2,1H3,(H,23,27)(H,24,29)(H2,22,30,31). The van der Waals surface area contributed by atoms with Crippen LogP contribution in [-0.4, -0.2) is 28.4 Å². The van der Waals surface area contributed by atoms with Gasteiger partial charge < -0.3 is 14.9 Å². The number of fused-ring (bicyclic) bond motifs is 1. The SMILES string of the molecule is Cn1cc(C(=O)Nc2ccc(S(N)(=O)=O)cc2)c2[nH]c(=O)n(Cc3ccccc3)c(=O)c21. The smallest absolute Gasteiger partial charge is 0.329 e. The molecule has 4 aromatic rings. The van der Waals surface area contributed by atoms with Crippen molar-refractivity contribution in [2.45, 2.75) is 11.4 Å². The molecule has 10 nitrogen and oxygen atoms in total. The topological polar surface area (TPSA) is 149 Å². The lowest BCUT2D eigenvalue weighted by Crippen LogP contribution is -2.36. The second-order valence-electron chi connectivity index (χ2n) is 7.21. The summed E-state index contributed by atoms with van der Waals surface area (Å²) in [5, 5.41) is 7.69. The third kappa shape index (κ3) is 3.98. The van der Waals surface area contributed by atoms with Crippen molar-refractivity contribution < 1.29 is 13.2 Å². The fourth-order valence-electron chi connectivity index (χ4n) is 3.41. The highest BCUT2D eigenvalue weighted by Crippen LogP contribution is 2.18. The number of H-pyrrole nitrogens is 1. The first-order valence-electron chi connectivity index (χ1n) is 9.45. The van der Waals surface area contributed by atoms with Crippen LogP contribution in [0.2, 0.25) is 0 Å². The summed E-state index contributed by atoms with van der Waals surface area (Å²) in [7, 11) is -2.25.